The van der Waals surface area contributed by atoms with Crippen molar-refractivity contribution in [1.82, 2.24) is 44.7 Å². The average molecular weight is 525 g/mol. The van der Waals surface area contributed by atoms with Crippen molar-refractivity contribution in [2.45, 2.75) is 34.1 Å². The maximum Gasteiger partial charge on any atom is 0.224 e. The van der Waals surface area contributed by atoms with E-state index in [1.807, 2.05) is 44.5 Å². The fourth-order valence-corrected chi connectivity index (χ4v) is 4.44. The molecule has 6 rings (SSSR count). The summed E-state index contributed by atoms with van der Waals surface area (Å²) in [5, 5.41) is 10.2. The summed E-state index contributed by atoms with van der Waals surface area (Å²) in [5.74, 6) is -0.383. The summed E-state index contributed by atoms with van der Waals surface area (Å²) in [4.78, 5) is 37.5. The largest absolute Gasteiger partial charge is 0.325 e. The van der Waals surface area contributed by atoms with Crippen molar-refractivity contribution < 1.29 is 9.18 Å². The first-order chi connectivity index (χ1) is 18.7. The molecule has 6 aromatic heterocycles. The number of anilines is 1. The zero-order valence-electron chi connectivity index (χ0n) is 21.7. The third-order valence-electron chi connectivity index (χ3n) is 6.11. The summed E-state index contributed by atoms with van der Waals surface area (Å²) in [5.41, 5.74) is 4.25. The summed E-state index contributed by atoms with van der Waals surface area (Å²) >= 11 is 0. The van der Waals surface area contributed by atoms with Crippen molar-refractivity contribution in [3.05, 3.63) is 61.0 Å². The molecular weight excluding hydrogens is 499 g/mol. The van der Waals surface area contributed by atoms with Crippen LogP contribution < -0.4 is 5.32 Å². The number of hydrogen-bond donors (Lipinski definition) is 3. The second-order valence-electron chi connectivity index (χ2n) is 10.6. The van der Waals surface area contributed by atoms with Crippen molar-refractivity contribution in [3.63, 3.8) is 0 Å². The number of aromatic nitrogens is 9. The Balaban J connectivity index is 1.40. The van der Waals surface area contributed by atoms with E-state index in [0.717, 1.165) is 11.4 Å². The molecule has 196 valence electrons. The van der Waals surface area contributed by atoms with Crippen molar-refractivity contribution in [3.8, 4) is 28.5 Å². The fourth-order valence-electron chi connectivity index (χ4n) is 4.44. The predicted molar refractivity (Wildman–Crippen MR) is 145 cm³/mol. The summed E-state index contributed by atoms with van der Waals surface area (Å²) in [6.07, 6.45) is 10.1. The number of amides is 1. The van der Waals surface area contributed by atoms with Gasteiger partial charge in [-0.15, -0.1) is 0 Å². The Morgan fingerprint density at radius 2 is 1.97 bits per heavy atom. The lowest BCUT2D eigenvalue weighted by Crippen LogP contribution is -2.19. The molecule has 0 fully saturated rings. The lowest BCUT2D eigenvalue weighted by atomic mass is 9.92. The van der Waals surface area contributed by atoms with Gasteiger partial charge in [-0.3, -0.25) is 19.9 Å². The van der Waals surface area contributed by atoms with Crippen LogP contribution in [0, 0.1) is 18.2 Å². The summed E-state index contributed by atoms with van der Waals surface area (Å²) in [7, 11) is 0. The normalized spacial score (nSPS) is 11.9. The van der Waals surface area contributed by atoms with Gasteiger partial charge >= 0.3 is 0 Å². The quantitative estimate of drug-likeness (QED) is 0.289. The first-order valence-corrected chi connectivity index (χ1v) is 12.3. The second-order valence-corrected chi connectivity index (χ2v) is 10.6. The number of carbonyl (C=O) groups excluding carboxylic acids is 1. The van der Waals surface area contributed by atoms with E-state index in [1.165, 1.54) is 18.6 Å². The number of imidazole rings is 2. The second kappa shape index (κ2) is 9.08. The lowest BCUT2D eigenvalue weighted by molar-refractivity contribution is -0.117. The third kappa shape index (κ3) is 4.60. The molecule has 0 bridgehead atoms. The highest BCUT2D eigenvalue weighted by atomic mass is 19.1. The average Bonchev–Trinajstić information content (AvgIpc) is 3.60. The van der Waals surface area contributed by atoms with E-state index < -0.39 is 5.82 Å². The molecule has 0 radical (unpaired) electrons. The first kappa shape index (κ1) is 24.3. The van der Waals surface area contributed by atoms with Crippen LogP contribution in [0.4, 0.5) is 10.1 Å². The molecule has 0 saturated heterocycles. The van der Waals surface area contributed by atoms with E-state index in [9.17, 15) is 4.79 Å². The number of H-pyrrole nitrogens is 2. The van der Waals surface area contributed by atoms with Crippen molar-refractivity contribution >= 4 is 33.7 Å². The summed E-state index contributed by atoms with van der Waals surface area (Å²) in [6.45, 7) is 7.85. The van der Waals surface area contributed by atoms with Gasteiger partial charge in [0.2, 0.25) is 5.91 Å². The van der Waals surface area contributed by atoms with Crippen LogP contribution in [0.3, 0.4) is 0 Å². The van der Waals surface area contributed by atoms with E-state index in [1.54, 1.807) is 18.6 Å². The van der Waals surface area contributed by atoms with E-state index in [0.29, 0.717) is 45.9 Å². The molecule has 0 aromatic carbocycles. The molecule has 6 aromatic rings. The smallest absolute Gasteiger partial charge is 0.224 e. The molecule has 0 spiro atoms. The number of aromatic amines is 2. The molecule has 0 saturated carbocycles. The predicted octanol–water partition coefficient (Wildman–Crippen LogP) is 4.97. The van der Waals surface area contributed by atoms with Crippen LogP contribution in [0.25, 0.3) is 50.5 Å². The number of hydrogen-bond acceptors (Lipinski definition) is 7. The van der Waals surface area contributed by atoms with Crippen LogP contribution in [0.15, 0.2) is 49.4 Å². The first-order valence-electron chi connectivity index (χ1n) is 12.3. The van der Waals surface area contributed by atoms with Gasteiger partial charge in [0, 0.05) is 30.6 Å². The highest BCUT2D eigenvalue weighted by molar-refractivity contribution is 5.96. The molecule has 0 aliphatic carbocycles. The Kier molecular flexibility index (Phi) is 5.67. The highest BCUT2D eigenvalue weighted by Crippen LogP contribution is 2.33. The van der Waals surface area contributed by atoms with Gasteiger partial charge in [-0.1, -0.05) is 20.8 Å². The van der Waals surface area contributed by atoms with Crippen molar-refractivity contribution in [1.29, 1.82) is 0 Å². The summed E-state index contributed by atoms with van der Waals surface area (Å²) in [6, 6.07) is 3.48. The Morgan fingerprint density at radius 1 is 1.13 bits per heavy atom. The van der Waals surface area contributed by atoms with Crippen LogP contribution >= 0.6 is 0 Å². The number of aryl methyl sites for hydroxylation is 1. The van der Waals surface area contributed by atoms with Crippen LogP contribution in [0.5, 0.6) is 0 Å². The maximum atomic E-state index is 16.0. The number of fused-ring (bicyclic) bond motifs is 2. The molecular formula is C27H25FN10O. The monoisotopic (exact) mass is 524 g/mol. The minimum atomic E-state index is -0.588. The van der Waals surface area contributed by atoms with E-state index in [-0.39, 0.29) is 22.4 Å². The van der Waals surface area contributed by atoms with Crippen LogP contribution in [-0.2, 0) is 4.79 Å². The van der Waals surface area contributed by atoms with Gasteiger partial charge < -0.3 is 14.9 Å². The SMILES string of the molecule is Cc1cn(-c2ccnc3[nH]c(-c4n[nH]c5cnc(-c6cncc(NC(=O)CC(C)(C)C)c6)c(F)c45)nc23)cn1. The minimum Gasteiger partial charge on any atom is -0.325 e. The Hall–Kier alpha value is -5.00. The zero-order chi connectivity index (χ0) is 27.3. The number of rotatable bonds is 5. The molecule has 12 heteroatoms. The molecule has 11 nitrogen and oxygen atoms in total. The van der Waals surface area contributed by atoms with Gasteiger partial charge in [-0.05, 0) is 24.5 Å². The molecule has 0 atom stereocenters. The lowest BCUT2D eigenvalue weighted by Gasteiger charge is -2.17. The van der Waals surface area contributed by atoms with E-state index >= 15 is 4.39 Å². The van der Waals surface area contributed by atoms with Crippen molar-refractivity contribution in [2.24, 2.45) is 5.41 Å². The topological polar surface area (TPSA) is 143 Å². The van der Waals surface area contributed by atoms with Crippen LogP contribution in [0.2, 0.25) is 0 Å². The molecule has 0 unspecified atom stereocenters. The van der Waals surface area contributed by atoms with Gasteiger partial charge in [0.15, 0.2) is 17.3 Å². The van der Waals surface area contributed by atoms with Crippen LogP contribution in [0.1, 0.15) is 32.9 Å². The Bertz CT molecular complexity index is 1860. The molecule has 1 amide bonds. The summed E-state index contributed by atoms with van der Waals surface area (Å²) < 4.78 is 17.9. The van der Waals surface area contributed by atoms with Crippen molar-refractivity contribution in [2.75, 3.05) is 5.32 Å². The third-order valence-corrected chi connectivity index (χ3v) is 6.11. The van der Waals surface area contributed by atoms with E-state index in [2.05, 4.69) is 40.4 Å². The number of nitrogens with zero attached hydrogens (tertiary/aromatic N) is 7. The zero-order valence-corrected chi connectivity index (χ0v) is 21.7. The van der Waals surface area contributed by atoms with Gasteiger partial charge in [-0.25, -0.2) is 19.3 Å². The molecule has 6 heterocycles. The van der Waals surface area contributed by atoms with Crippen LogP contribution in [-0.4, -0.2) is 50.6 Å². The van der Waals surface area contributed by atoms with Gasteiger partial charge in [0.25, 0.3) is 0 Å². The van der Waals surface area contributed by atoms with Gasteiger partial charge in [0.05, 0.1) is 46.7 Å². The number of halogens is 1. The van der Waals surface area contributed by atoms with Gasteiger partial charge in [0.1, 0.15) is 16.9 Å². The number of carbonyl (C=O) groups is 1. The number of nitrogens with one attached hydrogen (secondary N) is 3. The fraction of sp³-hybridized carbons (Fsp3) is 0.222. The molecule has 3 N–H and O–H groups in total. The maximum absolute atomic E-state index is 16.0. The molecule has 0 aliphatic rings. The molecule has 0 aliphatic heterocycles. The highest BCUT2D eigenvalue weighted by Gasteiger charge is 2.22. The van der Waals surface area contributed by atoms with E-state index in [4.69, 9.17) is 4.98 Å². The minimum absolute atomic E-state index is 0.0772. The molecule has 39 heavy (non-hydrogen) atoms. The Morgan fingerprint density at radius 3 is 2.74 bits per heavy atom. The van der Waals surface area contributed by atoms with Gasteiger partial charge in [-0.2, -0.15) is 5.10 Å². The number of pyridine rings is 3. The standard InChI is InChI=1S/C27H25FN10O/c1-14-12-38(13-32-14)18-5-6-30-25-23(18)34-26(35-25)24-20-17(36-37-24)11-31-22(21(20)28)15-7-16(10-29-9-15)33-19(39)8-27(2,3)4/h5-7,9-13H,8H2,1-4H3,(H,33,39)(H,36,37)(H,30,34,35). The Labute approximate surface area is 222 Å².